The van der Waals surface area contributed by atoms with Crippen molar-refractivity contribution in [3.63, 3.8) is 0 Å². The second-order valence-corrected chi connectivity index (χ2v) is 7.67. The molecular weight excluding hydrogens is 409 g/mol. The molecule has 2 aromatic carbocycles. The molecule has 1 aliphatic rings. The molecule has 3 N–H and O–H groups in total. The number of hydrogen-bond acceptors (Lipinski definition) is 7. The average molecular weight is 429 g/mol. The first-order valence-corrected chi connectivity index (χ1v) is 10.2. The lowest BCUT2D eigenvalue weighted by Crippen LogP contribution is -2.28. The van der Waals surface area contributed by atoms with Gasteiger partial charge in [-0.1, -0.05) is 12.1 Å². The van der Waals surface area contributed by atoms with Crippen LogP contribution in [0.4, 0.5) is 22.0 Å². The molecule has 9 heteroatoms. The molecule has 3 heterocycles. The fourth-order valence-corrected chi connectivity index (χ4v) is 3.94. The summed E-state index contributed by atoms with van der Waals surface area (Å²) in [5, 5.41) is 3.84. The number of nitrogen functional groups attached to an aromatic ring is 1. The van der Waals surface area contributed by atoms with Gasteiger partial charge in [0.1, 0.15) is 17.5 Å². The molecule has 32 heavy (non-hydrogen) atoms. The lowest BCUT2D eigenvalue weighted by Gasteiger charge is -2.21. The monoisotopic (exact) mass is 429 g/mol. The van der Waals surface area contributed by atoms with Crippen LogP contribution in [0, 0.1) is 12.7 Å². The van der Waals surface area contributed by atoms with Crippen molar-refractivity contribution < 1.29 is 4.39 Å². The van der Waals surface area contributed by atoms with E-state index in [0.29, 0.717) is 40.5 Å². The van der Waals surface area contributed by atoms with E-state index in [1.165, 1.54) is 16.7 Å². The highest BCUT2D eigenvalue weighted by molar-refractivity contribution is 5.82. The van der Waals surface area contributed by atoms with E-state index < -0.39 is 6.04 Å². The van der Waals surface area contributed by atoms with Gasteiger partial charge in [0.15, 0.2) is 5.82 Å². The number of nitrogens with zero attached hydrogens (tertiary/aromatic N) is 5. The van der Waals surface area contributed by atoms with Crippen LogP contribution in [-0.4, -0.2) is 25.7 Å². The highest BCUT2D eigenvalue weighted by Crippen LogP contribution is 2.31. The van der Waals surface area contributed by atoms with E-state index >= 15 is 0 Å². The smallest absolute Gasteiger partial charge is 0.266 e. The number of nitrogens with two attached hydrogens (primary N) is 1. The minimum absolute atomic E-state index is 0.107. The van der Waals surface area contributed by atoms with E-state index in [2.05, 4.69) is 20.3 Å². The van der Waals surface area contributed by atoms with Crippen LogP contribution in [0.1, 0.15) is 29.9 Å². The van der Waals surface area contributed by atoms with E-state index in [1.54, 1.807) is 18.3 Å². The summed E-state index contributed by atoms with van der Waals surface area (Å²) in [4.78, 5) is 31.1. The molecule has 0 radical (unpaired) electrons. The van der Waals surface area contributed by atoms with Gasteiger partial charge in [-0.15, -0.1) is 0 Å². The number of nitrogens with one attached hydrogen (secondary N) is 1. The first-order chi connectivity index (χ1) is 15.4. The van der Waals surface area contributed by atoms with Crippen LogP contribution in [0.5, 0.6) is 0 Å². The Bertz CT molecular complexity index is 1440. The highest BCUT2D eigenvalue weighted by Gasteiger charge is 2.22. The van der Waals surface area contributed by atoms with Crippen molar-refractivity contribution in [3.05, 3.63) is 75.6 Å². The van der Waals surface area contributed by atoms with E-state index in [1.807, 2.05) is 32.0 Å². The van der Waals surface area contributed by atoms with Crippen molar-refractivity contribution in [1.82, 2.24) is 19.5 Å². The van der Waals surface area contributed by atoms with Crippen molar-refractivity contribution in [2.45, 2.75) is 26.3 Å². The van der Waals surface area contributed by atoms with Gasteiger partial charge in [-0.3, -0.25) is 9.36 Å². The minimum atomic E-state index is -0.434. The van der Waals surface area contributed by atoms with Crippen LogP contribution in [0.3, 0.4) is 0 Å². The van der Waals surface area contributed by atoms with Gasteiger partial charge in [0.2, 0.25) is 5.95 Å². The maximum Gasteiger partial charge on any atom is 0.266 e. The summed E-state index contributed by atoms with van der Waals surface area (Å²) >= 11 is 0. The van der Waals surface area contributed by atoms with Crippen LogP contribution in [-0.2, 0) is 6.42 Å². The van der Waals surface area contributed by atoms with Crippen LogP contribution in [0.2, 0.25) is 0 Å². The van der Waals surface area contributed by atoms with Gasteiger partial charge in [0.25, 0.3) is 5.56 Å². The fraction of sp³-hybridized carbons (Fsp3) is 0.174. The Morgan fingerprint density at radius 3 is 2.69 bits per heavy atom. The SMILES string of the molecule is Cc1cccc2nc(C(C)Nc3nc(N)nc4c3CC=N4)n(-c3ccc(F)cc3)c(=O)c12. The molecule has 1 unspecified atom stereocenters. The summed E-state index contributed by atoms with van der Waals surface area (Å²) < 4.78 is 15.1. The van der Waals surface area contributed by atoms with Crippen molar-refractivity contribution in [3.8, 4) is 5.69 Å². The third kappa shape index (κ3) is 3.27. The van der Waals surface area contributed by atoms with Crippen molar-refractivity contribution in [1.29, 1.82) is 0 Å². The lowest BCUT2D eigenvalue weighted by molar-refractivity contribution is 0.626. The summed E-state index contributed by atoms with van der Waals surface area (Å²) in [7, 11) is 0. The maximum atomic E-state index is 13.6. The molecule has 160 valence electrons. The van der Waals surface area contributed by atoms with Gasteiger partial charge in [-0.2, -0.15) is 9.97 Å². The minimum Gasteiger partial charge on any atom is -0.368 e. The first kappa shape index (κ1) is 19.8. The summed E-state index contributed by atoms with van der Waals surface area (Å²) in [5.41, 5.74) is 8.40. The van der Waals surface area contributed by atoms with Crippen LogP contribution in [0.25, 0.3) is 16.6 Å². The largest absolute Gasteiger partial charge is 0.368 e. The molecule has 8 nitrogen and oxygen atoms in total. The van der Waals surface area contributed by atoms with Gasteiger partial charge < -0.3 is 11.1 Å². The molecule has 0 saturated carbocycles. The molecule has 5 rings (SSSR count). The van der Waals surface area contributed by atoms with Gasteiger partial charge in [0.05, 0.1) is 22.6 Å². The number of aliphatic imine (C=N–C) groups is 1. The quantitative estimate of drug-likeness (QED) is 0.512. The second kappa shape index (κ2) is 7.52. The Labute approximate surface area is 182 Å². The Kier molecular flexibility index (Phi) is 4.66. The van der Waals surface area contributed by atoms with E-state index in [4.69, 9.17) is 10.7 Å². The Morgan fingerprint density at radius 2 is 1.91 bits per heavy atom. The summed E-state index contributed by atoms with van der Waals surface area (Å²) in [6.45, 7) is 3.75. The third-order valence-corrected chi connectivity index (χ3v) is 5.47. The number of benzene rings is 2. The molecule has 1 aliphatic heterocycles. The number of halogens is 1. The Balaban J connectivity index is 1.69. The summed E-state index contributed by atoms with van der Waals surface area (Å²) in [6, 6.07) is 10.9. The summed E-state index contributed by atoms with van der Waals surface area (Å²) in [5.74, 6) is 1.26. The number of aromatic nitrogens is 4. The van der Waals surface area contributed by atoms with Crippen molar-refractivity contribution >= 4 is 34.7 Å². The van der Waals surface area contributed by atoms with Crippen molar-refractivity contribution in [2.24, 2.45) is 4.99 Å². The van der Waals surface area contributed by atoms with Crippen LogP contribution < -0.4 is 16.6 Å². The fourth-order valence-electron chi connectivity index (χ4n) is 3.94. The molecule has 0 saturated heterocycles. The zero-order valence-electron chi connectivity index (χ0n) is 17.5. The predicted molar refractivity (Wildman–Crippen MR) is 122 cm³/mol. The Morgan fingerprint density at radius 1 is 1.12 bits per heavy atom. The van der Waals surface area contributed by atoms with E-state index in [0.717, 1.165) is 11.1 Å². The van der Waals surface area contributed by atoms with E-state index in [9.17, 15) is 9.18 Å². The number of fused-ring (bicyclic) bond motifs is 2. The molecule has 4 aromatic rings. The normalized spacial score (nSPS) is 13.3. The second-order valence-electron chi connectivity index (χ2n) is 7.67. The molecule has 0 amide bonds. The molecule has 0 spiro atoms. The zero-order valence-corrected chi connectivity index (χ0v) is 17.5. The molecule has 0 fully saturated rings. The molecule has 2 aromatic heterocycles. The first-order valence-electron chi connectivity index (χ1n) is 10.2. The van der Waals surface area contributed by atoms with Gasteiger partial charge in [-0.25, -0.2) is 14.4 Å². The van der Waals surface area contributed by atoms with Gasteiger partial charge in [-0.05, 0) is 49.7 Å². The van der Waals surface area contributed by atoms with Crippen LogP contribution >= 0.6 is 0 Å². The topological polar surface area (TPSA) is 111 Å². The third-order valence-electron chi connectivity index (χ3n) is 5.47. The Hall–Kier alpha value is -4.14. The van der Waals surface area contributed by atoms with Crippen molar-refractivity contribution in [2.75, 3.05) is 11.1 Å². The highest BCUT2D eigenvalue weighted by atomic mass is 19.1. The molecule has 1 atom stereocenters. The van der Waals surface area contributed by atoms with Crippen LogP contribution in [0.15, 0.2) is 52.3 Å². The van der Waals surface area contributed by atoms with Gasteiger partial charge in [0, 0.05) is 18.2 Å². The number of aryl methyl sites for hydroxylation is 1. The molecular formula is C23H20FN7O. The van der Waals surface area contributed by atoms with Gasteiger partial charge >= 0.3 is 0 Å². The maximum absolute atomic E-state index is 13.6. The molecule has 0 bridgehead atoms. The number of anilines is 2. The number of hydrogen-bond donors (Lipinski definition) is 2. The lowest BCUT2D eigenvalue weighted by atomic mass is 10.1. The molecule has 0 aliphatic carbocycles. The zero-order chi connectivity index (χ0) is 22.4. The summed E-state index contributed by atoms with van der Waals surface area (Å²) in [6.07, 6.45) is 2.33. The average Bonchev–Trinajstić information content (AvgIpc) is 3.23. The number of rotatable bonds is 4. The standard InChI is InChI=1S/C23H20FN7O/c1-12-4-3-5-17-18(12)22(32)31(15-8-6-14(24)7-9-15)21(28-17)13(2)27-20-16-10-11-26-19(16)29-23(25)30-20/h3-9,11,13H,10H2,1-2H3,(H3,25,27,29,30). The predicted octanol–water partition coefficient (Wildman–Crippen LogP) is 3.64. The van der Waals surface area contributed by atoms with E-state index in [-0.39, 0.29) is 17.3 Å².